The van der Waals surface area contributed by atoms with Gasteiger partial charge >= 0.3 is 5.97 Å². The maximum absolute atomic E-state index is 11.0. The maximum atomic E-state index is 11.0. The Morgan fingerprint density at radius 3 is 2.96 bits per heavy atom. The molecule has 1 aromatic carbocycles. The van der Waals surface area contributed by atoms with Crippen molar-refractivity contribution in [3.63, 3.8) is 0 Å². The number of anilines is 2. The highest BCUT2D eigenvalue weighted by Gasteiger charge is 2.08. The van der Waals surface area contributed by atoms with E-state index in [1.54, 1.807) is 18.5 Å². The molecule has 0 saturated carbocycles. The van der Waals surface area contributed by atoms with E-state index in [4.69, 9.17) is 5.11 Å². The lowest BCUT2D eigenvalue weighted by Crippen LogP contribution is -2.22. The number of carboxylic acid groups (broad SMARTS) is 1. The van der Waals surface area contributed by atoms with Crippen molar-refractivity contribution in [3.05, 3.63) is 54.0 Å². The monoisotopic (exact) mass is 509 g/mol. The number of rotatable bonds is 8. The van der Waals surface area contributed by atoms with Gasteiger partial charge in [0.2, 0.25) is 6.41 Å². The standard InChI is InChI=1S/C18H17IN5O3P/c1-12-13(5-6-23(11-25)10-17(26)27)3-2-4-16(12)22-15-7-14-8-21-24(28-19)18(14)20-9-15/h2-9,11,22,28H,10H2,1H3,(H,26,27)/b6-5-. The first-order valence-corrected chi connectivity index (χ1v) is 12.3. The molecule has 1 amide bonds. The summed E-state index contributed by atoms with van der Waals surface area (Å²) in [5.74, 6) is -1.07. The molecule has 0 aliphatic heterocycles. The lowest BCUT2D eigenvalue weighted by molar-refractivity contribution is -0.139. The summed E-state index contributed by atoms with van der Waals surface area (Å²) in [5.41, 5.74) is 4.41. The minimum Gasteiger partial charge on any atom is -0.480 e. The maximum Gasteiger partial charge on any atom is 0.323 e. The molecule has 0 aliphatic rings. The molecule has 3 aromatic rings. The van der Waals surface area contributed by atoms with Gasteiger partial charge in [-0.05, 0) is 58.3 Å². The lowest BCUT2D eigenvalue weighted by atomic mass is 10.1. The molecular formula is C18H17IN5O3P. The molecule has 0 radical (unpaired) electrons. The van der Waals surface area contributed by atoms with Crippen molar-refractivity contribution in [2.75, 3.05) is 11.9 Å². The van der Waals surface area contributed by atoms with Crippen molar-refractivity contribution < 1.29 is 14.7 Å². The lowest BCUT2D eigenvalue weighted by Gasteiger charge is -2.13. The number of aromatic nitrogens is 3. The number of nitrogens with zero attached hydrogens (tertiary/aromatic N) is 4. The molecule has 0 fully saturated rings. The number of amides is 1. The number of hydrogen-bond acceptors (Lipinski definition) is 5. The first-order valence-electron chi connectivity index (χ1n) is 8.20. The molecule has 0 saturated heterocycles. The van der Waals surface area contributed by atoms with Gasteiger partial charge in [-0.1, -0.05) is 12.1 Å². The molecule has 0 bridgehead atoms. The van der Waals surface area contributed by atoms with E-state index >= 15 is 0 Å². The van der Waals surface area contributed by atoms with Gasteiger partial charge in [-0.25, -0.2) is 9.44 Å². The van der Waals surface area contributed by atoms with Gasteiger partial charge in [-0.3, -0.25) is 9.59 Å². The first-order chi connectivity index (χ1) is 13.5. The van der Waals surface area contributed by atoms with E-state index in [2.05, 4.69) is 37.4 Å². The molecule has 2 heterocycles. The number of carbonyl (C=O) groups excluding carboxylic acids is 1. The summed E-state index contributed by atoms with van der Waals surface area (Å²) in [6.45, 7) is 1.57. The van der Waals surface area contributed by atoms with E-state index in [9.17, 15) is 9.59 Å². The number of halogens is 1. The molecule has 1 unspecified atom stereocenters. The van der Waals surface area contributed by atoms with E-state index in [1.165, 1.54) is 6.20 Å². The predicted molar refractivity (Wildman–Crippen MR) is 119 cm³/mol. The minimum atomic E-state index is -1.07. The molecule has 2 aromatic heterocycles. The van der Waals surface area contributed by atoms with Gasteiger partial charge in [0, 0.05) is 17.3 Å². The molecule has 10 heteroatoms. The van der Waals surface area contributed by atoms with Crippen LogP contribution in [0.25, 0.3) is 17.1 Å². The largest absolute Gasteiger partial charge is 0.480 e. The molecule has 0 spiro atoms. The van der Waals surface area contributed by atoms with Crippen LogP contribution in [-0.4, -0.2) is 43.5 Å². The van der Waals surface area contributed by atoms with Gasteiger partial charge in [0.15, 0.2) is 5.65 Å². The highest BCUT2D eigenvalue weighted by atomic mass is 127. The third-order valence-corrected chi connectivity index (χ3v) is 5.90. The summed E-state index contributed by atoms with van der Waals surface area (Å²) in [6.07, 6.45) is 7.70. The van der Waals surface area contributed by atoms with Gasteiger partial charge in [-0.15, -0.1) is 0 Å². The first kappa shape index (κ1) is 20.2. The fraction of sp³-hybridized carbons (Fsp3) is 0.111. The molecule has 144 valence electrons. The number of hydrogen-bond donors (Lipinski definition) is 2. The van der Waals surface area contributed by atoms with E-state index < -0.39 is 5.97 Å². The van der Waals surface area contributed by atoms with Gasteiger partial charge in [0.25, 0.3) is 0 Å². The SMILES string of the molecule is Cc1c(/C=C\N(C=O)CC(=O)O)cccc1Nc1cnc2c(cnn2PI)c1. The number of aliphatic carboxylic acids is 1. The van der Waals surface area contributed by atoms with Crippen LogP contribution in [0.15, 0.2) is 42.9 Å². The second-order valence-corrected chi connectivity index (χ2v) is 7.95. The van der Waals surface area contributed by atoms with Crippen molar-refractivity contribution in [1.29, 1.82) is 0 Å². The Labute approximate surface area is 176 Å². The number of fused-ring (bicyclic) bond motifs is 1. The molecule has 28 heavy (non-hydrogen) atoms. The highest BCUT2D eigenvalue weighted by Crippen LogP contribution is 2.29. The fourth-order valence-corrected chi connectivity index (χ4v) is 4.06. The third kappa shape index (κ3) is 4.66. The van der Waals surface area contributed by atoms with Gasteiger partial charge in [0.05, 0.1) is 24.5 Å². The van der Waals surface area contributed by atoms with Gasteiger partial charge in [-0.2, -0.15) is 5.10 Å². The Hall–Kier alpha value is -2.52. The second kappa shape index (κ2) is 9.11. The number of carbonyl (C=O) groups is 2. The topological polar surface area (TPSA) is 100 Å². The van der Waals surface area contributed by atoms with Crippen LogP contribution in [0.4, 0.5) is 11.4 Å². The van der Waals surface area contributed by atoms with Crippen molar-refractivity contribution in [1.82, 2.24) is 19.4 Å². The van der Waals surface area contributed by atoms with Gasteiger partial charge in [0.1, 0.15) is 6.54 Å². The van der Waals surface area contributed by atoms with Crippen LogP contribution in [0.1, 0.15) is 11.1 Å². The van der Waals surface area contributed by atoms with Crippen LogP contribution in [-0.2, 0) is 9.59 Å². The van der Waals surface area contributed by atoms with Crippen molar-refractivity contribution in [3.8, 4) is 0 Å². The summed E-state index contributed by atoms with van der Waals surface area (Å²) < 4.78 is 1.85. The van der Waals surface area contributed by atoms with E-state index in [1.807, 2.05) is 35.6 Å². The van der Waals surface area contributed by atoms with Crippen molar-refractivity contribution in [2.24, 2.45) is 0 Å². The number of pyridine rings is 1. The zero-order valence-corrected chi connectivity index (χ0v) is 18.0. The summed E-state index contributed by atoms with van der Waals surface area (Å²) >= 11 is 2.26. The summed E-state index contributed by atoms with van der Waals surface area (Å²) in [7, 11) is 0. The summed E-state index contributed by atoms with van der Waals surface area (Å²) in [4.78, 5) is 27.3. The van der Waals surface area contributed by atoms with E-state index in [0.29, 0.717) is 12.8 Å². The quantitative estimate of drug-likeness (QED) is 0.273. The normalized spacial score (nSPS) is 11.5. The van der Waals surface area contributed by atoms with Crippen LogP contribution in [0, 0.1) is 6.92 Å². The Balaban J connectivity index is 1.82. The Morgan fingerprint density at radius 1 is 1.43 bits per heavy atom. The van der Waals surface area contributed by atoms with Gasteiger partial charge < -0.3 is 15.3 Å². The van der Waals surface area contributed by atoms with Crippen LogP contribution in [0.3, 0.4) is 0 Å². The molecule has 2 N–H and O–H groups in total. The summed E-state index contributed by atoms with van der Waals surface area (Å²) in [5, 5.41) is 17.4. The van der Waals surface area contributed by atoms with Crippen molar-refractivity contribution >= 4 is 69.3 Å². The zero-order chi connectivity index (χ0) is 20.1. The van der Waals surface area contributed by atoms with Crippen molar-refractivity contribution in [2.45, 2.75) is 6.92 Å². The number of carboxylic acids is 1. The third-order valence-electron chi connectivity index (χ3n) is 4.04. The smallest absolute Gasteiger partial charge is 0.323 e. The predicted octanol–water partition coefficient (Wildman–Crippen LogP) is 3.79. The molecule has 1 atom stereocenters. The summed E-state index contributed by atoms with van der Waals surface area (Å²) in [6, 6.07) is 7.72. The van der Waals surface area contributed by atoms with Crippen LogP contribution in [0.2, 0.25) is 0 Å². The van der Waals surface area contributed by atoms with E-state index in [0.717, 1.165) is 38.4 Å². The Kier molecular flexibility index (Phi) is 6.58. The molecule has 8 nitrogen and oxygen atoms in total. The molecule has 3 rings (SSSR count). The second-order valence-electron chi connectivity index (χ2n) is 5.91. The Bertz CT molecular complexity index is 1050. The van der Waals surface area contributed by atoms with E-state index in [-0.39, 0.29) is 6.54 Å². The average Bonchev–Trinajstić information content (AvgIpc) is 3.09. The average molecular weight is 509 g/mol. The highest BCUT2D eigenvalue weighted by molar-refractivity contribution is 14.2. The number of benzene rings is 1. The molecular weight excluding hydrogens is 492 g/mol. The zero-order valence-electron chi connectivity index (χ0n) is 14.8. The van der Waals surface area contributed by atoms with Crippen LogP contribution >= 0.6 is 28.4 Å². The fourth-order valence-electron chi connectivity index (χ4n) is 2.63. The minimum absolute atomic E-state index is 0.381. The Morgan fingerprint density at radius 2 is 2.25 bits per heavy atom. The van der Waals surface area contributed by atoms with Crippen LogP contribution < -0.4 is 5.32 Å². The van der Waals surface area contributed by atoms with Crippen LogP contribution in [0.5, 0.6) is 0 Å². The number of nitrogens with one attached hydrogen (secondary N) is 1. The molecule has 0 aliphatic carbocycles.